The number of nitrogens with two attached hydrogens (primary N) is 1. The molecule has 74 valence electrons. The first kappa shape index (κ1) is 10.1. The van der Waals surface area contributed by atoms with E-state index in [4.69, 9.17) is 5.73 Å². The molecule has 3 N–H and O–H groups in total. The predicted octanol–water partition coefficient (Wildman–Crippen LogP) is 2.44. The first-order valence-electron chi connectivity index (χ1n) is 3.96. The number of halogens is 3. The van der Waals surface area contributed by atoms with E-state index >= 15 is 0 Å². The molecule has 0 aliphatic rings. The fraction of sp³-hybridized carbons (Fsp3) is 0.500. The molecule has 0 spiro atoms. The summed E-state index contributed by atoms with van der Waals surface area (Å²) in [6, 6.07) is 2.03. The second kappa shape index (κ2) is 3.41. The van der Waals surface area contributed by atoms with Gasteiger partial charge in [0, 0.05) is 11.7 Å². The van der Waals surface area contributed by atoms with Crippen LogP contribution >= 0.6 is 0 Å². The zero-order chi connectivity index (χ0) is 10.1. The van der Waals surface area contributed by atoms with Gasteiger partial charge in [0.25, 0.3) is 0 Å². The van der Waals surface area contributed by atoms with Crippen LogP contribution in [0.15, 0.2) is 12.1 Å². The van der Waals surface area contributed by atoms with Gasteiger partial charge >= 0.3 is 6.18 Å². The lowest BCUT2D eigenvalue weighted by molar-refractivity contribution is -0.140. The third kappa shape index (κ3) is 2.24. The Labute approximate surface area is 73.9 Å². The molecular formula is C8H11F3N2. The number of H-pyrrole nitrogens is 1. The van der Waals surface area contributed by atoms with Crippen molar-refractivity contribution < 1.29 is 13.2 Å². The lowest BCUT2D eigenvalue weighted by Gasteiger charge is -2.06. The number of alkyl halides is 3. The topological polar surface area (TPSA) is 41.8 Å². The minimum atomic E-state index is -4.31. The van der Waals surface area contributed by atoms with Gasteiger partial charge in [-0.2, -0.15) is 13.2 Å². The van der Waals surface area contributed by atoms with Crippen molar-refractivity contribution in [2.45, 2.75) is 25.6 Å². The average Bonchev–Trinajstić information content (AvgIpc) is 2.50. The Hall–Kier alpha value is -0.970. The Bertz CT molecular complexity index is 277. The first-order valence-corrected chi connectivity index (χ1v) is 3.96. The molecule has 0 fully saturated rings. The molecule has 0 aliphatic carbocycles. The van der Waals surface area contributed by atoms with E-state index in [0.717, 1.165) is 6.07 Å². The normalized spacial score (nSPS) is 14.5. The molecule has 1 heterocycles. The van der Waals surface area contributed by atoms with Gasteiger partial charge in [0.2, 0.25) is 0 Å². The molecule has 1 rings (SSSR count). The average molecular weight is 192 g/mol. The van der Waals surface area contributed by atoms with Gasteiger partial charge in [-0.3, -0.25) is 0 Å². The first-order chi connectivity index (χ1) is 5.95. The fourth-order valence-electron chi connectivity index (χ4n) is 1.01. The van der Waals surface area contributed by atoms with Crippen LogP contribution in [-0.4, -0.2) is 4.98 Å². The lowest BCUT2D eigenvalue weighted by Crippen LogP contribution is -2.11. The van der Waals surface area contributed by atoms with Crippen molar-refractivity contribution in [3.05, 3.63) is 23.5 Å². The molecule has 2 nitrogen and oxygen atoms in total. The largest absolute Gasteiger partial charge is 0.431 e. The summed E-state index contributed by atoms with van der Waals surface area (Å²) in [7, 11) is 0. The maximum Gasteiger partial charge on any atom is 0.431 e. The Morgan fingerprint density at radius 2 is 2.08 bits per heavy atom. The molecule has 0 amide bonds. The molecule has 1 unspecified atom stereocenters. The van der Waals surface area contributed by atoms with E-state index in [1.54, 1.807) is 0 Å². The van der Waals surface area contributed by atoms with Gasteiger partial charge in [0.05, 0.1) is 0 Å². The van der Waals surface area contributed by atoms with E-state index < -0.39 is 11.9 Å². The van der Waals surface area contributed by atoms with Crippen LogP contribution in [0.25, 0.3) is 0 Å². The van der Waals surface area contributed by atoms with Gasteiger partial charge in [-0.25, -0.2) is 0 Å². The highest BCUT2D eigenvalue weighted by Crippen LogP contribution is 2.29. The van der Waals surface area contributed by atoms with Crippen LogP contribution in [0.2, 0.25) is 0 Å². The molecule has 0 saturated heterocycles. The quantitative estimate of drug-likeness (QED) is 0.742. The number of rotatable bonds is 2. The zero-order valence-electron chi connectivity index (χ0n) is 7.15. The van der Waals surface area contributed by atoms with Crippen molar-refractivity contribution in [1.29, 1.82) is 0 Å². The van der Waals surface area contributed by atoms with Gasteiger partial charge in [-0.05, 0) is 18.6 Å². The van der Waals surface area contributed by atoms with Crippen LogP contribution in [0, 0.1) is 0 Å². The van der Waals surface area contributed by atoms with E-state index in [2.05, 4.69) is 4.98 Å². The molecule has 0 saturated carbocycles. The number of aromatic nitrogens is 1. The van der Waals surface area contributed by atoms with Gasteiger partial charge in [-0.1, -0.05) is 6.92 Å². The van der Waals surface area contributed by atoms with Crippen molar-refractivity contribution in [2.24, 2.45) is 5.73 Å². The van der Waals surface area contributed by atoms with E-state index in [-0.39, 0.29) is 6.04 Å². The van der Waals surface area contributed by atoms with Gasteiger partial charge < -0.3 is 10.7 Å². The highest BCUT2D eigenvalue weighted by molar-refractivity contribution is 5.17. The summed E-state index contributed by atoms with van der Waals surface area (Å²) in [5.41, 5.74) is 5.23. The summed E-state index contributed by atoms with van der Waals surface area (Å²) in [4.78, 5) is 2.25. The van der Waals surface area contributed by atoms with Crippen LogP contribution in [0.1, 0.15) is 30.8 Å². The molecule has 5 heteroatoms. The molecule has 0 bridgehead atoms. The summed E-state index contributed by atoms with van der Waals surface area (Å²) in [5, 5.41) is 0. The van der Waals surface area contributed by atoms with Crippen molar-refractivity contribution in [2.75, 3.05) is 0 Å². The zero-order valence-corrected chi connectivity index (χ0v) is 7.15. The summed E-state index contributed by atoms with van der Waals surface area (Å²) in [5.74, 6) is 0. The van der Waals surface area contributed by atoms with Crippen molar-refractivity contribution >= 4 is 0 Å². The number of hydrogen-bond donors (Lipinski definition) is 2. The maximum atomic E-state index is 12.1. The van der Waals surface area contributed by atoms with Gasteiger partial charge in [0.1, 0.15) is 5.69 Å². The maximum absolute atomic E-state index is 12.1. The Kier molecular flexibility index (Phi) is 2.66. The summed E-state index contributed by atoms with van der Waals surface area (Å²) in [6.07, 6.45) is -3.70. The van der Waals surface area contributed by atoms with Crippen LogP contribution in [0.3, 0.4) is 0 Å². The van der Waals surface area contributed by atoms with E-state index in [1.165, 1.54) is 6.07 Å². The lowest BCUT2D eigenvalue weighted by atomic mass is 10.2. The summed E-state index contributed by atoms with van der Waals surface area (Å²) in [6.45, 7) is 1.82. The SMILES string of the molecule is CCC(N)c1ccc(C(F)(F)F)[nH]1. The molecule has 1 aromatic heterocycles. The van der Waals surface area contributed by atoms with Crippen molar-refractivity contribution in [3.63, 3.8) is 0 Å². The summed E-state index contributed by atoms with van der Waals surface area (Å²) < 4.78 is 36.3. The predicted molar refractivity (Wildman–Crippen MR) is 43.0 cm³/mol. The van der Waals surface area contributed by atoms with Crippen LogP contribution in [0.4, 0.5) is 13.2 Å². The molecule has 0 aromatic carbocycles. The Balaban J connectivity index is 2.87. The standard InChI is InChI=1S/C8H11F3N2/c1-2-5(12)6-3-4-7(13-6)8(9,10)11/h3-5,13H,2,12H2,1H3. The van der Waals surface area contributed by atoms with Crippen LogP contribution in [0.5, 0.6) is 0 Å². The highest BCUT2D eigenvalue weighted by atomic mass is 19.4. The van der Waals surface area contributed by atoms with E-state index in [0.29, 0.717) is 12.1 Å². The molecule has 0 radical (unpaired) electrons. The van der Waals surface area contributed by atoms with Crippen molar-refractivity contribution in [3.8, 4) is 0 Å². The third-order valence-electron chi connectivity index (χ3n) is 1.85. The molecule has 0 aliphatic heterocycles. The molecule has 1 aromatic rings. The van der Waals surface area contributed by atoms with E-state index in [1.807, 2.05) is 6.92 Å². The Morgan fingerprint density at radius 1 is 1.46 bits per heavy atom. The monoisotopic (exact) mass is 192 g/mol. The van der Waals surface area contributed by atoms with Crippen molar-refractivity contribution in [1.82, 2.24) is 4.98 Å². The number of hydrogen-bond acceptors (Lipinski definition) is 1. The summed E-state index contributed by atoms with van der Waals surface area (Å²) >= 11 is 0. The fourth-order valence-corrected chi connectivity index (χ4v) is 1.01. The smallest absolute Gasteiger partial charge is 0.354 e. The molecule has 1 atom stereocenters. The number of aromatic amines is 1. The molecular weight excluding hydrogens is 181 g/mol. The minimum Gasteiger partial charge on any atom is -0.354 e. The van der Waals surface area contributed by atoms with Gasteiger partial charge in [-0.15, -0.1) is 0 Å². The van der Waals surface area contributed by atoms with E-state index in [9.17, 15) is 13.2 Å². The van der Waals surface area contributed by atoms with Gasteiger partial charge in [0.15, 0.2) is 0 Å². The highest BCUT2D eigenvalue weighted by Gasteiger charge is 2.32. The van der Waals surface area contributed by atoms with Crippen LogP contribution < -0.4 is 5.73 Å². The second-order valence-electron chi connectivity index (χ2n) is 2.84. The van der Waals surface area contributed by atoms with Crippen LogP contribution in [-0.2, 0) is 6.18 Å². The number of nitrogens with one attached hydrogen (secondary N) is 1. The Morgan fingerprint density at radius 3 is 2.46 bits per heavy atom. The second-order valence-corrected chi connectivity index (χ2v) is 2.84. The molecule has 13 heavy (non-hydrogen) atoms. The minimum absolute atomic E-state index is 0.351. The third-order valence-corrected chi connectivity index (χ3v) is 1.85.